The lowest BCUT2D eigenvalue weighted by Crippen LogP contribution is -2.34. The second-order valence-corrected chi connectivity index (χ2v) is 6.46. The van der Waals surface area contributed by atoms with Crippen LogP contribution < -0.4 is 0 Å². The van der Waals surface area contributed by atoms with Crippen LogP contribution in [-0.4, -0.2) is 33.0 Å². The first-order valence-electron chi connectivity index (χ1n) is 8.57. The van der Waals surface area contributed by atoms with E-state index in [0.29, 0.717) is 13.0 Å². The van der Waals surface area contributed by atoms with Crippen molar-refractivity contribution in [2.75, 3.05) is 6.54 Å². The van der Waals surface area contributed by atoms with Crippen LogP contribution in [0, 0.1) is 11.8 Å². The second kappa shape index (κ2) is 7.51. The summed E-state index contributed by atoms with van der Waals surface area (Å²) < 4.78 is 7.28. The Balaban J connectivity index is 1.64. The minimum Gasteiger partial charge on any atom is -0.444 e. The normalized spacial score (nSPS) is 20.1. The molecule has 0 spiro atoms. The smallest absolute Gasteiger partial charge is 0.416 e. The van der Waals surface area contributed by atoms with Gasteiger partial charge in [-0.1, -0.05) is 37.3 Å². The van der Waals surface area contributed by atoms with Gasteiger partial charge in [0.25, 0.3) is 0 Å². The summed E-state index contributed by atoms with van der Waals surface area (Å²) in [6, 6.07) is 9.46. The molecule has 1 aliphatic heterocycles. The number of likely N-dealkylation sites (tertiary alicyclic amines) is 1. The lowest BCUT2D eigenvalue weighted by atomic mass is 9.89. The second-order valence-electron chi connectivity index (χ2n) is 6.46. The van der Waals surface area contributed by atoms with Gasteiger partial charge >= 0.3 is 6.09 Å². The molecule has 0 bridgehead atoms. The number of ether oxygens (including phenoxy) is 1. The van der Waals surface area contributed by atoms with E-state index in [4.69, 9.17) is 4.74 Å². The van der Waals surface area contributed by atoms with E-state index in [1.54, 1.807) is 6.33 Å². The minimum absolute atomic E-state index is 0.0946. The SMILES string of the molecule is CC[C@H]1C(=O)N(C(=O)OCc2ccccc2)C[C@@H]1Cc1cncn1C. The van der Waals surface area contributed by atoms with Crippen LogP contribution in [0.5, 0.6) is 0 Å². The third kappa shape index (κ3) is 3.73. The summed E-state index contributed by atoms with van der Waals surface area (Å²) >= 11 is 0. The molecule has 132 valence electrons. The molecule has 0 N–H and O–H groups in total. The average molecular weight is 341 g/mol. The molecule has 6 nitrogen and oxygen atoms in total. The van der Waals surface area contributed by atoms with Gasteiger partial charge in [0.05, 0.1) is 6.33 Å². The zero-order chi connectivity index (χ0) is 17.8. The fraction of sp³-hybridized carbons (Fsp3) is 0.421. The number of imide groups is 1. The molecule has 0 unspecified atom stereocenters. The van der Waals surface area contributed by atoms with Crippen LogP contribution in [0.2, 0.25) is 0 Å². The minimum atomic E-state index is -0.556. The van der Waals surface area contributed by atoms with E-state index < -0.39 is 6.09 Å². The first-order valence-corrected chi connectivity index (χ1v) is 8.57. The van der Waals surface area contributed by atoms with Crippen molar-refractivity contribution in [1.29, 1.82) is 0 Å². The van der Waals surface area contributed by atoms with Crippen molar-refractivity contribution in [3.63, 3.8) is 0 Å². The van der Waals surface area contributed by atoms with Crippen molar-refractivity contribution >= 4 is 12.0 Å². The standard InChI is InChI=1S/C19H23N3O3/c1-3-17-15(9-16-10-20-13-21(16)2)11-22(18(17)23)19(24)25-12-14-7-5-4-6-8-14/h4-8,10,13,15,17H,3,9,11-12H2,1-2H3/t15-,17+/m0/s1. The molecule has 0 saturated carbocycles. The molecule has 1 aromatic heterocycles. The van der Waals surface area contributed by atoms with Crippen molar-refractivity contribution in [2.45, 2.75) is 26.4 Å². The van der Waals surface area contributed by atoms with Gasteiger partial charge in [-0.15, -0.1) is 0 Å². The van der Waals surface area contributed by atoms with Gasteiger partial charge in [-0.2, -0.15) is 0 Å². The van der Waals surface area contributed by atoms with Crippen LogP contribution in [0.25, 0.3) is 0 Å². The number of carbonyl (C=O) groups is 2. The van der Waals surface area contributed by atoms with Crippen LogP contribution in [0.1, 0.15) is 24.6 Å². The number of aryl methyl sites for hydroxylation is 1. The Hall–Kier alpha value is -2.63. The number of hydrogen-bond acceptors (Lipinski definition) is 4. The third-order valence-electron chi connectivity index (χ3n) is 4.82. The van der Waals surface area contributed by atoms with E-state index in [1.165, 1.54) is 4.90 Å². The number of amides is 2. The fourth-order valence-electron chi connectivity index (χ4n) is 3.38. The lowest BCUT2D eigenvalue weighted by Gasteiger charge is -2.15. The van der Waals surface area contributed by atoms with Crippen LogP contribution >= 0.6 is 0 Å². The first-order chi connectivity index (χ1) is 12.1. The topological polar surface area (TPSA) is 64.4 Å². The highest BCUT2D eigenvalue weighted by Gasteiger charge is 2.43. The van der Waals surface area contributed by atoms with E-state index in [0.717, 1.165) is 17.7 Å². The predicted octanol–water partition coefficient (Wildman–Crippen LogP) is 2.78. The van der Waals surface area contributed by atoms with Gasteiger partial charge in [0.15, 0.2) is 0 Å². The van der Waals surface area contributed by atoms with E-state index in [1.807, 2.05) is 55.1 Å². The molecule has 2 aromatic rings. The van der Waals surface area contributed by atoms with Crippen molar-refractivity contribution < 1.29 is 14.3 Å². The monoisotopic (exact) mass is 341 g/mol. The fourth-order valence-corrected chi connectivity index (χ4v) is 3.38. The third-order valence-corrected chi connectivity index (χ3v) is 4.82. The van der Waals surface area contributed by atoms with Gasteiger partial charge in [0, 0.05) is 31.4 Å². The molecule has 1 aliphatic rings. The predicted molar refractivity (Wildman–Crippen MR) is 92.5 cm³/mol. The highest BCUT2D eigenvalue weighted by atomic mass is 16.6. The Kier molecular flexibility index (Phi) is 5.16. The molecule has 25 heavy (non-hydrogen) atoms. The Morgan fingerprint density at radius 2 is 2.08 bits per heavy atom. The summed E-state index contributed by atoms with van der Waals surface area (Å²) in [5, 5.41) is 0. The Labute approximate surface area is 147 Å². The molecular weight excluding hydrogens is 318 g/mol. The molecule has 2 atom stereocenters. The number of rotatable bonds is 5. The Bertz CT molecular complexity index is 741. The zero-order valence-corrected chi connectivity index (χ0v) is 14.6. The Morgan fingerprint density at radius 3 is 2.72 bits per heavy atom. The number of aromatic nitrogens is 2. The maximum absolute atomic E-state index is 12.6. The summed E-state index contributed by atoms with van der Waals surface area (Å²) in [6.07, 6.45) is 4.44. The largest absolute Gasteiger partial charge is 0.444 e. The molecule has 6 heteroatoms. The van der Waals surface area contributed by atoms with Crippen LogP contribution in [-0.2, 0) is 29.6 Å². The van der Waals surface area contributed by atoms with E-state index in [-0.39, 0.29) is 24.3 Å². The first kappa shape index (κ1) is 17.2. The molecular formula is C19H23N3O3. The van der Waals surface area contributed by atoms with Gasteiger partial charge in [-0.05, 0) is 24.3 Å². The summed E-state index contributed by atoms with van der Waals surface area (Å²) in [4.78, 5) is 30.4. The van der Waals surface area contributed by atoms with Crippen LogP contribution in [0.4, 0.5) is 4.79 Å². The van der Waals surface area contributed by atoms with Crippen molar-refractivity contribution in [1.82, 2.24) is 14.5 Å². The quantitative estimate of drug-likeness (QED) is 0.839. The van der Waals surface area contributed by atoms with E-state index >= 15 is 0 Å². The highest BCUT2D eigenvalue weighted by Crippen LogP contribution is 2.30. The number of hydrogen-bond donors (Lipinski definition) is 0. The Morgan fingerprint density at radius 1 is 1.32 bits per heavy atom. The van der Waals surface area contributed by atoms with Gasteiger partial charge in [-0.25, -0.2) is 14.7 Å². The van der Waals surface area contributed by atoms with Crippen molar-refractivity contribution in [2.24, 2.45) is 18.9 Å². The summed E-state index contributed by atoms with van der Waals surface area (Å²) in [5.74, 6) is -0.191. The number of benzene rings is 1. The van der Waals surface area contributed by atoms with E-state index in [2.05, 4.69) is 4.98 Å². The van der Waals surface area contributed by atoms with E-state index in [9.17, 15) is 9.59 Å². The summed E-state index contributed by atoms with van der Waals surface area (Å²) in [6.45, 7) is 2.56. The summed E-state index contributed by atoms with van der Waals surface area (Å²) in [5.41, 5.74) is 1.97. The molecule has 3 rings (SSSR count). The molecule has 1 aromatic carbocycles. The average Bonchev–Trinajstić information content (AvgIpc) is 3.17. The molecule has 0 radical (unpaired) electrons. The van der Waals surface area contributed by atoms with Crippen LogP contribution in [0.15, 0.2) is 42.9 Å². The number of nitrogens with zero attached hydrogens (tertiary/aromatic N) is 3. The maximum Gasteiger partial charge on any atom is 0.416 e. The zero-order valence-electron chi connectivity index (χ0n) is 14.6. The highest BCUT2D eigenvalue weighted by molar-refractivity contribution is 5.95. The lowest BCUT2D eigenvalue weighted by molar-refractivity contribution is -0.129. The number of carbonyl (C=O) groups excluding carboxylic acids is 2. The molecule has 2 amide bonds. The maximum atomic E-state index is 12.6. The van der Waals surface area contributed by atoms with Crippen molar-refractivity contribution in [3.8, 4) is 0 Å². The molecule has 1 saturated heterocycles. The van der Waals surface area contributed by atoms with Gasteiger partial charge in [0.2, 0.25) is 5.91 Å². The number of imidazole rings is 1. The van der Waals surface area contributed by atoms with Crippen LogP contribution in [0.3, 0.4) is 0 Å². The summed E-state index contributed by atoms with van der Waals surface area (Å²) in [7, 11) is 1.94. The van der Waals surface area contributed by atoms with Gasteiger partial charge in [0.1, 0.15) is 6.61 Å². The van der Waals surface area contributed by atoms with Crippen molar-refractivity contribution in [3.05, 3.63) is 54.1 Å². The molecule has 0 aliphatic carbocycles. The molecule has 1 fully saturated rings. The van der Waals surface area contributed by atoms with Gasteiger partial charge < -0.3 is 9.30 Å². The molecule has 2 heterocycles. The van der Waals surface area contributed by atoms with Gasteiger partial charge in [-0.3, -0.25) is 4.79 Å².